The van der Waals surface area contributed by atoms with Crippen molar-refractivity contribution in [3.63, 3.8) is 0 Å². The SMILES string of the molecule is Cc1oc(C(=O)O)cc1S(=O)(=O)N(C)Cc1cccs1. The number of sulfonamides is 1. The van der Waals surface area contributed by atoms with Gasteiger partial charge in [-0.25, -0.2) is 13.2 Å². The topological polar surface area (TPSA) is 87.8 Å². The molecule has 0 aliphatic rings. The van der Waals surface area contributed by atoms with Crippen LogP contribution in [0.2, 0.25) is 0 Å². The van der Waals surface area contributed by atoms with Crippen LogP contribution in [-0.2, 0) is 16.6 Å². The highest BCUT2D eigenvalue weighted by molar-refractivity contribution is 7.89. The fraction of sp³-hybridized carbons (Fsp3) is 0.250. The molecule has 108 valence electrons. The fourth-order valence-corrected chi connectivity index (χ4v) is 3.85. The van der Waals surface area contributed by atoms with Crippen LogP contribution in [0.25, 0.3) is 0 Å². The number of hydrogen-bond donors (Lipinski definition) is 1. The van der Waals surface area contributed by atoms with E-state index in [4.69, 9.17) is 9.52 Å². The van der Waals surface area contributed by atoms with Crippen LogP contribution in [-0.4, -0.2) is 30.8 Å². The van der Waals surface area contributed by atoms with Crippen molar-refractivity contribution < 1.29 is 22.7 Å². The third-order valence-electron chi connectivity index (χ3n) is 2.73. The molecule has 2 heterocycles. The van der Waals surface area contributed by atoms with Crippen molar-refractivity contribution in [3.8, 4) is 0 Å². The minimum absolute atomic E-state index is 0.0698. The second kappa shape index (κ2) is 5.39. The first kappa shape index (κ1) is 14.8. The van der Waals surface area contributed by atoms with E-state index in [1.54, 1.807) is 0 Å². The first-order valence-electron chi connectivity index (χ1n) is 5.65. The van der Waals surface area contributed by atoms with Crippen LogP contribution >= 0.6 is 11.3 Å². The van der Waals surface area contributed by atoms with E-state index in [9.17, 15) is 13.2 Å². The summed E-state index contributed by atoms with van der Waals surface area (Å²) >= 11 is 1.45. The smallest absolute Gasteiger partial charge is 0.371 e. The van der Waals surface area contributed by atoms with Crippen LogP contribution in [0.1, 0.15) is 21.2 Å². The minimum atomic E-state index is -3.78. The average Bonchev–Trinajstić information content (AvgIpc) is 2.98. The predicted octanol–water partition coefficient (Wildman–Crippen LogP) is 2.17. The Labute approximate surface area is 120 Å². The normalized spacial score (nSPS) is 11.9. The van der Waals surface area contributed by atoms with E-state index in [2.05, 4.69) is 0 Å². The van der Waals surface area contributed by atoms with Gasteiger partial charge < -0.3 is 9.52 Å². The quantitative estimate of drug-likeness (QED) is 0.913. The summed E-state index contributed by atoms with van der Waals surface area (Å²) in [6.07, 6.45) is 0. The first-order valence-corrected chi connectivity index (χ1v) is 7.97. The molecule has 0 aliphatic heterocycles. The second-order valence-electron chi connectivity index (χ2n) is 4.18. The Hall–Kier alpha value is -1.64. The second-order valence-corrected chi connectivity index (χ2v) is 7.22. The number of carboxylic acid groups (broad SMARTS) is 1. The van der Waals surface area contributed by atoms with Crippen molar-refractivity contribution in [2.75, 3.05) is 7.05 Å². The van der Waals surface area contributed by atoms with Crippen molar-refractivity contribution in [3.05, 3.63) is 40.0 Å². The van der Waals surface area contributed by atoms with Gasteiger partial charge in [0, 0.05) is 24.5 Å². The monoisotopic (exact) mass is 315 g/mol. The lowest BCUT2D eigenvalue weighted by atomic mass is 10.4. The van der Waals surface area contributed by atoms with Gasteiger partial charge in [0.25, 0.3) is 0 Å². The van der Waals surface area contributed by atoms with Gasteiger partial charge in [-0.1, -0.05) is 6.07 Å². The van der Waals surface area contributed by atoms with E-state index in [-0.39, 0.29) is 23.0 Å². The van der Waals surface area contributed by atoms with Crippen LogP contribution in [0.4, 0.5) is 0 Å². The molecule has 0 aliphatic carbocycles. The number of aryl methyl sites for hydroxylation is 1. The van der Waals surface area contributed by atoms with Crippen molar-refractivity contribution in [2.24, 2.45) is 0 Å². The lowest BCUT2D eigenvalue weighted by Gasteiger charge is -2.15. The van der Waals surface area contributed by atoms with Crippen LogP contribution in [0.5, 0.6) is 0 Å². The molecule has 0 spiro atoms. The van der Waals surface area contributed by atoms with Crippen molar-refractivity contribution >= 4 is 27.3 Å². The van der Waals surface area contributed by atoms with Gasteiger partial charge in [0.05, 0.1) is 0 Å². The van der Waals surface area contributed by atoms with Crippen molar-refractivity contribution in [2.45, 2.75) is 18.4 Å². The third kappa shape index (κ3) is 2.77. The predicted molar refractivity (Wildman–Crippen MR) is 73.4 cm³/mol. The largest absolute Gasteiger partial charge is 0.475 e. The maximum Gasteiger partial charge on any atom is 0.371 e. The number of thiophene rings is 1. The van der Waals surface area contributed by atoms with E-state index < -0.39 is 16.0 Å². The fourth-order valence-electron chi connectivity index (χ4n) is 1.70. The number of aromatic carboxylic acids is 1. The van der Waals surface area contributed by atoms with Crippen LogP contribution < -0.4 is 0 Å². The molecule has 0 unspecified atom stereocenters. The Kier molecular flexibility index (Phi) is 3.98. The zero-order valence-corrected chi connectivity index (χ0v) is 12.5. The molecule has 2 aromatic heterocycles. The van der Waals surface area contributed by atoms with Crippen molar-refractivity contribution in [1.29, 1.82) is 0 Å². The minimum Gasteiger partial charge on any atom is -0.475 e. The summed E-state index contributed by atoms with van der Waals surface area (Å²) in [5.74, 6) is -1.61. The molecule has 0 saturated carbocycles. The standard InChI is InChI=1S/C12H13NO5S2/c1-8-11(6-10(18-8)12(14)15)20(16,17)13(2)7-9-4-3-5-19-9/h3-6H,7H2,1-2H3,(H,14,15). The van der Waals surface area contributed by atoms with Gasteiger partial charge in [0.1, 0.15) is 10.7 Å². The zero-order chi connectivity index (χ0) is 14.9. The summed E-state index contributed by atoms with van der Waals surface area (Å²) in [4.78, 5) is 11.6. The molecule has 0 saturated heterocycles. The number of carbonyl (C=O) groups is 1. The summed E-state index contributed by atoms with van der Waals surface area (Å²) in [6.45, 7) is 1.66. The van der Waals surface area contributed by atoms with Gasteiger partial charge in [-0.3, -0.25) is 0 Å². The molecule has 0 radical (unpaired) electrons. The van der Waals surface area contributed by atoms with Gasteiger partial charge in [-0.2, -0.15) is 4.31 Å². The molecule has 0 fully saturated rings. The molecule has 0 bridgehead atoms. The third-order valence-corrected chi connectivity index (χ3v) is 5.50. The van der Waals surface area contributed by atoms with Gasteiger partial charge in [-0.15, -0.1) is 11.3 Å². The molecule has 8 heteroatoms. The van der Waals surface area contributed by atoms with Crippen molar-refractivity contribution in [1.82, 2.24) is 4.31 Å². The van der Waals surface area contributed by atoms with Gasteiger partial charge in [0.15, 0.2) is 0 Å². The molecule has 0 amide bonds. The average molecular weight is 315 g/mol. The zero-order valence-electron chi connectivity index (χ0n) is 10.9. The number of carboxylic acids is 1. The Balaban J connectivity index is 2.32. The Morgan fingerprint density at radius 2 is 2.20 bits per heavy atom. The summed E-state index contributed by atoms with van der Waals surface area (Å²) in [7, 11) is -2.33. The molecule has 6 nitrogen and oxygen atoms in total. The lowest BCUT2D eigenvalue weighted by molar-refractivity contribution is 0.0661. The van der Waals surface area contributed by atoms with E-state index in [1.165, 1.54) is 29.6 Å². The molecule has 2 rings (SSSR count). The molecule has 0 atom stereocenters. The van der Waals surface area contributed by atoms with E-state index in [1.807, 2.05) is 17.5 Å². The highest BCUT2D eigenvalue weighted by atomic mass is 32.2. The van der Waals surface area contributed by atoms with E-state index in [0.717, 1.165) is 10.9 Å². The number of furan rings is 1. The summed E-state index contributed by atoms with van der Waals surface area (Å²) in [5, 5.41) is 10.7. The Bertz CT molecular complexity index is 715. The van der Waals surface area contributed by atoms with Gasteiger partial charge in [0.2, 0.25) is 15.8 Å². The molecular formula is C12H13NO5S2. The molecule has 20 heavy (non-hydrogen) atoms. The number of nitrogens with zero attached hydrogens (tertiary/aromatic N) is 1. The summed E-state index contributed by atoms with van der Waals surface area (Å²) in [6, 6.07) is 4.71. The summed E-state index contributed by atoms with van der Waals surface area (Å²) < 4.78 is 30.9. The molecule has 2 aromatic rings. The van der Waals surface area contributed by atoms with Crippen LogP contribution in [0.3, 0.4) is 0 Å². The van der Waals surface area contributed by atoms with E-state index in [0.29, 0.717) is 0 Å². The maximum absolute atomic E-state index is 12.4. The number of rotatable bonds is 5. The lowest BCUT2D eigenvalue weighted by Crippen LogP contribution is -2.26. The highest BCUT2D eigenvalue weighted by Gasteiger charge is 2.27. The molecule has 1 N–H and O–H groups in total. The Morgan fingerprint density at radius 1 is 1.50 bits per heavy atom. The van der Waals surface area contributed by atoms with E-state index >= 15 is 0 Å². The molecule has 0 aromatic carbocycles. The van der Waals surface area contributed by atoms with Gasteiger partial charge >= 0.3 is 5.97 Å². The Morgan fingerprint density at radius 3 is 2.70 bits per heavy atom. The summed E-state index contributed by atoms with van der Waals surface area (Å²) in [5.41, 5.74) is 0. The first-order chi connectivity index (χ1) is 9.32. The number of hydrogen-bond acceptors (Lipinski definition) is 5. The molecular weight excluding hydrogens is 302 g/mol. The van der Waals surface area contributed by atoms with Crippen LogP contribution in [0.15, 0.2) is 32.9 Å². The van der Waals surface area contributed by atoms with Gasteiger partial charge in [-0.05, 0) is 18.4 Å². The highest BCUT2D eigenvalue weighted by Crippen LogP contribution is 2.24. The maximum atomic E-state index is 12.4. The van der Waals surface area contributed by atoms with Crippen LogP contribution in [0, 0.1) is 6.92 Å².